The predicted molar refractivity (Wildman–Crippen MR) is 86.5 cm³/mol. The highest BCUT2D eigenvalue weighted by Gasteiger charge is 2.11. The number of rotatable bonds is 4. The smallest absolute Gasteiger partial charge is 0.130 e. The van der Waals surface area contributed by atoms with Gasteiger partial charge >= 0.3 is 0 Å². The summed E-state index contributed by atoms with van der Waals surface area (Å²) in [6.07, 6.45) is 1.96. The normalized spacial score (nSPS) is 11.1. The lowest BCUT2D eigenvalue weighted by molar-refractivity contribution is 0.414. The first-order chi connectivity index (χ1) is 10.6. The Morgan fingerprint density at radius 3 is 2.45 bits per heavy atom. The van der Waals surface area contributed by atoms with Gasteiger partial charge < -0.3 is 9.47 Å². The highest BCUT2D eigenvalue weighted by Crippen LogP contribution is 2.31. The van der Waals surface area contributed by atoms with Gasteiger partial charge in [0.05, 0.1) is 25.4 Å². The van der Waals surface area contributed by atoms with Crippen LogP contribution >= 0.6 is 0 Å². The monoisotopic (exact) mass is 297 g/mol. The maximum atomic E-state index is 5.50. The van der Waals surface area contributed by atoms with E-state index < -0.39 is 0 Å². The standard InChI is InChI=1S/C17H19N3O2/c1-11(2)20-8-7-14(19-20)16-10-17(22-4)13-6-5-12(21-3)9-15(13)18-16/h5-11H,1-4H3. The molecule has 0 aliphatic heterocycles. The number of hydrogen-bond donors (Lipinski definition) is 0. The first-order valence-corrected chi connectivity index (χ1v) is 7.20. The molecule has 0 amide bonds. The van der Waals surface area contributed by atoms with Crippen molar-refractivity contribution in [2.24, 2.45) is 0 Å². The summed E-state index contributed by atoms with van der Waals surface area (Å²) in [6.45, 7) is 4.19. The minimum atomic E-state index is 0.316. The summed E-state index contributed by atoms with van der Waals surface area (Å²) in [6, 6.07) is 9.96. The van der Waals surface area contributed by atoms with Crippen LogP contribution in [0.2, 0.25) is 0 Å². The van der Waals surface area contributed by atoms with E-state index in [-0.39, 0.29) is 0 Å². The van der Waals surface area contributed by atoms with Crippen molar-refractivity contribution in [3.63, 3.8) is 0 Å². The number of benzene rings is 1. The second kappa shape index (κ2) is 5.67. The highest BCUT2D eigenvalue weighted by molar-refractivity contribution is 5.88. The molecule has 5 heteroatoms. The van der Waals surface area contributed by atoms with Crippen LogP contribution in [0, 0.1) is 0 Å². The Bertz CT molecular complexity index is 809. The third-order valence-corrected chi connectivity index (χ3v) is 3.60. The van der Waals surface area contributed by atoms with Crippen LogP contribution in [0.5, 0.6) is 11.5 Å². The molecule has 0 atom stereocenters. The van der Waals surface area contributed by atoms with Crippen molar-refractivity contribution in [3.8, 4) is 22.9 Å². The van der Waals surface area contributed by atoms with Gasteiger partial charge in [0.1, 0.15) is 17.2 Å². The van der Waals surface area contributed by atoms with Crippen LogP contribution in [0.1, 0.15) is 19.9 Å². The number of nitrogens with zero attached hydrogens (tertiary/aromatic N) is 3. The number of pyridine rings is 1. The summed E-state index contributed by atoms with van der Waals surface area (Å²) in [7, 11) is 3.31. The number of methoxy groups -OCH3 is 2. The zero-order valence-electron chi connectivity index (χ0n) is 13.2. The van der Waals surface area contributed by atoms with Gasteiger partial charge in [-0.1, -0.05) is 0 Å². The summed E-state index contributed by atoms with van der Waals surface area (Å²) < 4.78 is 12.7. The van der Waals surface area contributed by atoms with E-state index >= 15 is 0 Å². The van der Waals surface area contributed by atoms with Crippen molar-refractivity contribution in [2.75, 3.05) is 14.2 Å². The van der Waals surface area contributed by atoms with E-state index in [1.54, 1.807) is 14.2 Å². The van der Waals surface area contributed by atoms with Crippen molar-refractivity contribution in [1.29, 1.82) is 0 Å². The van der Waals surface area contributed by atoms with Crippen molar-refractivity contribution < 1.29 is 9.47 Å². The van der Waals surface area contributed by atoms with Crippen molar-refractivity contribution >= 4 is 10.9 Å². The molecule has 3 aromatic rings. The topological polar surface area (TPSA) is 49.2 Å². The molecule has 1 aromatic carbocycles. The Hall–Kier alpha value is -2.56. The lowest BCUT2D eigenvalue weighted by Crippen LogP contribution is -2.01. The summed E-state index contributed by atoms with van der Waals surface area (Å²) in [5.74, 6) is 1.55. The molecular formula is C17H19N3O2. The predicted octanol–water partition coefficient (Wildman–Crippen LogP) is 3.70. The Balaban J connectivity index is 2.16. The molecule has 0 bridgehead atoms. The van der Waals surface area contributed by atoms with Crippen LogP contribution in [-0.4, -0.2) is 29.0 Å². The van der Waals surface area contributed by atoms with Gasteiger partial charge in [0, 0.05) is 29.8 Å². The average Bonchev–Trinajstić information content (AvgIpc) is 3.03. The second-order valence-electron chi connectivity index (χ2n) is 5.37. The Morgan fingerprint density at radius 1 is 1.00 bits per heavy atom. The first-order valence-electron chi connectivity index (χ1n) is 7.20. The van der Waals surface area contributed by atoms with Crippen LogP contribution in [0.3, 0.4) is 0 Å². The molecule has 0 aliphatic carbocycles. The molecule has 22 heavy (non-hydrogen) atoms. The van der Waals surface area contributed by atoms with E-state index in [1.807, 2.05) is 41.2 Å². The molecule has 0 unspecified atom stereocenters. The number of hydrogen-bond acceptors (Lipinski definition) is 4. The summed E-state index contributed by atoms with van der Waals surface area (Å²) >= 11 is 0. The molecule has 0 spiro atoms. The van der Waals surface area contributed by atoms with Gasteiger partial charge in [-0.25, -0.2) is 4.98 Å². The Morgan fingerprint density at radius 2 is 1.82 bits per heavy atom. The van der Waals surface area contributed by atoms with Crippen molar-refractivity contribution in [3.05, 3.63) is 36.5 Å². The third kappa shape index (κ3) is 2.50. The molecule has 0 saturated carbocycles. The van der Waals surface area contributed by atoms with Gasteiger partial charge in [0.25, 0.3) is 0 Å². The van der Waals surface area contributed by atoms with E-state index in [2.05, 4.69) is 18.9 Å². The van der Waals surface area contributed by atoms with Gasteiger partial charge in [-0.2, -0.15) is 5.10 Å². The van der Waals surface area contributed by atoms with E-state index in [1.165, 1.54) is 0 Å². The van der Waals surface area contributed by atoms with Crippen LogP contribution in [0.15, 0.2) is 36.5 Å². The maximum absolute atomic E-state index is 5.50. The fourth-order valence-corrected chi connectivity index (χ4v) is 2.37. The molecule has 114 valence electrons. The quantitative estimate of drug-likeness (QED) is 0.737. The minimum Gasteiger partial charge on any atom is -0.497 e. The number of fused-ring (bicyclic) bond motifs is 1. The largest absolute Gasteiger partial charge is 0.497 e. The van der Waals surface area contributed by atoms with E-state index in [0.29, 0.717) is 6.04 Å². The summed E-state index contributed by atoms with van der Waals surface area (Å²) in [5, 5.41) is 5.53. The zero-order chi connectivity index (χ0) is 15.7. The molecule has 0 radical (unpaired) electrons. The fourth-order valence-electron chi connectivity index (χ4n) is 2.37. The maximum Gasteiger partial charge on any atom is 0.130 e. The van der Waals surface area contributed by atoms with E-state index in [9.17, 15) is 0 Å². The summed E-state index contributed by atoms with van der Waals surface area (Å²) in [5.41, 5.74) is 2.45. The van der Waals surface area contributed by atoms with Gasteiger partial charge in [-0.15, -0.1) is 0 Å². The SMILES string of the molecule is COc1ccc2c(OC)cc(-c3ccn(C(C)C)n3)nc2c1. The number of ether oxygens (including phenoxy) is 2. The molecule has 0 N–H and O–H groups in total. The fraction of sp³-hybridized carbons (Fsp3) is 0.294. The molecule has 0 fully saturated rings. The van der Waals surface area contributed by atoms with Crippen LogP contribution < -0.4 is 9.47 Å². The van der Waals surface area contributed by atoms with E-state index in [0.717, 1.165) is 33.8 Å². The minimum absolute atomic E-state index is 0.316. The average molecular weight is 297 g/mol. The summed E-state index contributed by atoms with van der Waals surface area (Å²) in [4.78, 5) is 4.70. The molecule has 2 heterocycles. The van der Waals surface area contributed by atoms with Gasteiger partial charge in [0.2, 0.25) is 0 Å². The van der Waals surface area contributed by atoms with Crippen molar-refractivity contribution in [2.45, 2.75) is 19.9 Å². The zero-order valence-corrected chi connectivity index (χ0v) is 13.2. The Kier molecular flexibility index (Phi) is 3.71. The van der Waals surface area contributed by atoms with Crippen molar-refractivity contribution in [1.82, 2.24) is 14.8 Å². The molecule has 3 rings (SSSR count). The van der Waals surface area contributed by atoms with Crippen LogP contribution in [0.4, 0.5) is 0 Å². The lowest BCUT2D eigenvalue weighted by Gasteiger charge is -2.09. The van der Waals surface area contributed by atoms with Gasteiger partial charge in [-0.3, -0.25) is 4.68 Å². The molecule has 0 saturated heterocycles. The molecule has 2 aromatic heterocycles. The second-order valence-corrected chi connectivity index (χ2v) is 5.37. The molecule has 0 aliphatic rings. The molecule has 5 nitrogen and oxygen atoms in total. The Labute approximate surface area is 129 Å². The number of aromatic nitrogens is 3. The first kappa shape index (κ1) is 14.4. The highest BCUT2D eigenvalue weighted by atomic mass is 16.5. The molecular weight excluding hydrogens is 278 g/mol. The lowest BCUT2D eigenvalue weighted by atomic mass is 10.1. The van der Waals surface area contributed by atoms with Crippen LogP contribution in [-0.2, 0) is 0 Å². The van der Waals surface area contributed by atoms with Gasteiger partial charge in [-0.05, 0) is 32.0 Å². The third-order valence-electron chi connectivity index (χ3n) is 3.60. The van der Waals surface area contributed by atoms with Crippen LogP contribution in [0.25, 0.3) is 22.3 Å². The van der Waals surface area contributed by atoms with E-state index in [4.69, 9.17) is 14.5 Å². The van der Waals surface area contributed by atoms with Gasteiger partial charge in [0.15, 0.2) is 0 Å².